The number of ether oxygens (including phenoxy) is 2. The first-order valence-corrected chi connectivity index (χ1v) is 14.1. The lowest BCUT2D eigenvalue weighted by Crippen LogP contribution is -2.74. The van der Waals surface area contributed by atoms with Gasteiger partial charge in [0.1, 0.15) is 23.5 Å². The minimum absolute atomic E-state index is 0.0157. The molecule has 2 fully saturated rings. The number of hydrogen-bond donors (Lipinski definition) is 2. The smallest absolute Gasteiger partial charge is 0.407 e. The molecule has 2 aliphatic rings. The number of alkyl carbamates (subject to hydrolysis) is 1. The monoisotopic (exact) mass is 643 g/mol. The lowest BCUT2D eigenvalue weighted by atomic mass is 10.0. The van der Waals surface area contributed by atoms with E-state index in [4.69, 9.17) is 32.8 Å². The summed E-state index contributed by atoms with van der Waals surface area (Å²) in [5.74, 6) is -4.50. The molecule has 4 amide bonds. The molecule has 0 spiro atoms. The molecule has 0 saturated carbocycles. The Hall–Kier alpha value is -3.75. The lowest BCUT2D eigenvalue weighted by Gasteiger charge is -2.45. The normalized spacial score (nSPS) is 22.8. The highest BCUT2D eigenvalue weighted by Crippen LogP contribution is 2.35. The molecule has 43 heavy (non-hydrogen) atoms. The summed E-state index contributed by atoms with van der Waals surface area (Å²) in [4.78, 5) is 96.6. The Labute approximate surface area is 257 Å². The highest BCUT2D eigenvalue weighted by Gasteiger charge is 2.61. The third kappa shape index (κ3) is 7.80. The molecule has 1 aromatic rings. The van der Waals surface area contributed by atoms with Gasteiger partial charge >= 0.3 is 23.9 Å². The van der Waals surface area contributed by atoms with Gasteiger partial charge in [0, 0.05) is 11.2 Å². The lowest BCUT2D eigenvalue weighted by molar-refractivity contribution is -1.11. The molecule has 2 saturated heterocycles. The molecule has 14 nitrogen and oxygen atoms in total. The Bertz CT molecular complexity index is 1300. The van der Waals surface area contributed by atoms with Crippen LogP contribution in [0.3, 0.4) is 0 Å². The zero-order valence-electron chi connectivity index (χ0n) is 24.0. The molecule has 0 aliphatic carbocycles. The average Bonchev–Trinajstić information content (AvgIpc) is 3.01. The summed E-state index contributed by atoms with van der Waals surface area (Å²) in [6.07, 6.45) is -1.58. The van der Waals surface area contributed by atoms with Crippen LogP contribution >= 0.6 is 23.2 Å². The van der Waals surface area contributed by atoms with Crippen LogP contribution in [0.15, 0.2) is 18.2 Å². The van der Waals surface area contributed by atoms with Gasteiger partial charge in [-0.1, -0.05) is 29.3 Å². The second-order valence-corrected chi connectivity index (χ2v) is 11.7. The Balaban J connectivity index is 2.02. The van der Waals surface area contributed by atoms with Crippen molar-refractivity contribution in [3.05, 3.63) is 33.8 Å². The van der Waals surface area contributed by atoms with E-state index in [1.54, 1.807) is 20.8 Å². The van der Waals surface area contributed by atoms with E-state index in [2.05, 4.69) is 15.4 Å². The fraction of sp³-hybridized carbons (Fsp3) is 0.519. The van der Waals surface area contributed by atoms with Gasteiger partial charge in [0.05, 0.1) is 36.0 Å². The highest BCUT2D eigenvalue weighted by molar-refractivity contribution is 6.39. The summed E-state index contributed by atoms with van der Waals surface area (Å²) in [6, 6.07) is 0.106. The second-order valence-electron chi connectivity index (χ2n) is 10.9. The zero-order valence-corrected chi connectivity index (χ0v) is 25.5. The number of amides is 4. The fourth-order valence-electron chi connectivity index (χ4n) is 4.81. The molecule has 1 aromatic carbocycles. The number of aldehydes is 1. The van der Waals surface area contributed by atoms with Gasteiger partial charge in [0.15, 0.2) is 12.6 Å². The van der Waals surface area contributed by atoms with Gasteiger partial charge in [0.2, 0.25) is 5.91 Å². The van der Waals surface area contributed by atoms with E-state index >= 15 is 0 Å². The third-order valence-corrected chi connectivity index (χ3v) is 7.25. The van der Waals surface area contributed by atoms with Crippen molar-refractivity contribution in [1.82, 2.24) is 15.6 Å². The van der Waals surface area contributed by atoms with Gasteiger partial charge < -0.3 is 24.9 Å². The average molecular weight is 644 g/mol. The fourth-order valence-corrected chi connectivity index (χ4v) is 5.36. The highest BCUT2D eigenvalue weighted by atomic mass is 35.5. The van der Waals surface area contributed by atoms with Crippen molar-refractivity contribution in [1.29, 1.82) is 0 Å². The van der Waals surface area contributed by atoms with Gasteiger partial charge in [-0.2, -0.15) is 0 Å². The van der Waals surface area contributed by atoms with Crippen molar-refractivity contribution in [2.75, 3.05) is 13.7 Å². The quantitative estimate of drug-likeness (QED) is 0.243. The molecule has 3 rings (SSSR count). The molecule has 234 valence electrons. The van der Waals surface area contributed by atoms with Crippen molar-refractivity contribution < 1.29 is 52.6 Å². The molecule has 1 unspecified atom stereocenters. The van der Waals surface area contributed by atoms with E-state index in [1.807, 2.05) is 0 Å². The van der Waals surface area contributed by atoms with Crippen LogP contribution in [0.2, 0.25) is 10.0 Å². The number of quaternary nitrogens is 1. The van der Waals surface area contributed by atoms with Gasteiger partial charge in [-0.15, -0.1) is 5.01 Å². The third-order valence-electron chi connectivity index (χ3n) is 6.62. The predicted molar refractivity (Wildman–Crippen MR) is 149 cm³/mol. The van der Waals surface area contributed by atoms with Crippen LogP contribution in [0.25, 0.3) is 0 Å². The molecule has 4 atom stereocenters. The van der Waals surface area contributed by atoms with Crippen LogP contribution in [-0.4, -0.2) is 89.2 Å². The summed E-state index contributed by atoms with van der Waals surface area (Å²) in [6.45, 7) is 4.67. The molecular formula is C27H33Cl2N4O10+. The van der Waals surface area contributed by atoms with E-state index in [-0.39, 0.29) is 47.8 Å². The first kappa shape index (κ1) is 33.7. The maximum atomic E-state index is 14.0. The minimum Gasteiger partial charge on any atom is -0.460 e. The number of carbonyl (C=O) groups is 7. The van der Waals surface area contributed by atoms with E-state index < -0.39 is 70.7 Å². The van der Waals surface area contributed by atoms with Crippen molar-refractivity contribution in [2.45, 2.75) is 76.6 Å². The van der Waals surface area contributed by atoms with Gasteiger partial charge in [-0.25, -0.2) is 19.2 Å². The van der Waals surface area contributed by atoms with Gasteiger partial charge in [-0.3, -0.25) is 14.4 Å². The number of nitrogens with zero attached hydrogens (tertiary/aromatic N) is 2. The first-order valence-electron chi connectivity index (χ1n) is 13.4. The largest absolute Gasteiger partial charge is 0.460 e. The van der Waals surface area contributed by atoms with Crippen LogP contribution in [0.1, 0.15) is 63.2 Å². The standard InChI is InChI=1S/C27H32Cl2N4O10/c1-27(2,3)42-21(36)13-15(14-34)30-23(37)19-9-6-12-33(43-25(39)22-16(28)7-5-8-17(22)29)20(35)11-10-18(24(38)32(19)33)31-26(40)41-4/h5,7-8,14-15,18-19H,6,9-13H2,1-4H3,(H-,30,31,37,40)/p+1/t15-,18-,19-,33?/m0/s1. The zero-order chi connectivity index (χ0) is 32.1. The van der Waals surface area contributed by atoms with E-state index in [9.17, 15) is 33.6 Å². The molecule has 0 bridgehead atoms. The Morgan fingerprint density at radius 2 is 1.79 bits per heavy atom. The van der Waals surface area contributed by atoms with E-state index in [0.717, 1.165) is 12.1 Å². The van der Waals surface area contributed by atoms with Gasteiger partial charge in [0.25, 0.3) is 5.91 Å². The number of halogens is 2. The van der Waals surface area contributed by atoms with Crippen LogP contribution in [0, 0.1) is 0 Å². The maximum absolute atomic E-state index is 14.0. The van der Waals surface area contributed by atoms with Crippen molar-refractivity contribution >= 4 is 65.2 Å². The molecule has 0 aromatic heterocycles. The number of fused-ring (bicyclic) bond motifs is 1. The van der Waals surface area contributed by atoms with Crippen molar-refractivity contribution in [2.24, 2.45) is 0 Å². The number of hydrogen-bond acceptors (Lipinski definition) is 10. The number of nitrogens with one attached hydrogen (secondary N) is 2. The minimum atomic E-state index is -1.47. The second kappa shape index (κ2) is 13.7. The van der Waals surface area contributed by atoms with Crippen LogP contribution in [0.4, 0.5) is 4.79 Å². The van der Waals surface area contributed by atoms with E-state index in [1.165, 1.54) is 18.2 Å². The summed E-state index contributed by atoms with van der Waals surface area (Å²) in [5, 5.41) is 5.37. The number of benzene rings is 1. The summed E-state index contributed by atoms with van der Waals surface area (Å²) >= 11 is 12.4. The van der Waals surface area contributed by atoms with Crippen LogP contribution < -0.4 is 10.6 Å². The predicted octanol–water partition coefficient (Wildman–Crippen LogP) is 2.25. The first-order chi connectivity index (χ1) is 20.1. The Morgan fingerprint density at radius 1 is 1.14 bits per heavy atom. The summed E-state index contributed by atoms with van der Waals surface area (Å²) in [7, 11) is 1.08. The number of esters is 1. The Morgan fingerprint density at radius 3 is 2.37 bits per heavy atom. The maximum Gasteiger partial charge on any atom is 0.407 e. The van der Waals surface area contributed by atoms with E-state index in [0.29, 0.717) is 6.29 Å². The Kier molecular flexibility index (Phi) is 10.7. The number of carbonyl (C=O) groups excluding carboxylic acids is 7. The number of hydroxylamine groups is 2. The van der Waals surface area contributed by atoms with Crippen LogP contribution in [-0.2, 0) is 38.3 Å². The number of methoxy groups -OCH3 is 1. The molecule has 2 heterocycles. The molecule has 2 aliphatic heterocycles. The van der Waals surface area contributed by atoms with Gasteiger partial charge in [-0.05, 0) is 45.7 Å². The topological polar surface area (TPSA) is 174 Å². The number of rotatable bonds is 8. The summed E-state index contributed by atoms with van der Waals surface area (Å²) in [5.41, 5.74) is -1.11. The molecule has 16 heteroatoms. The molecule has 2 N–H and O–H groups in total. The molecular weight excluding hydrogens is 611 g/mol. The van der Waals surface area contributed by atoms with Crippen molar-refractivity contribution in [3.8, 4) is 0 Å². The van der Waals surface area contributed by atoms with Crippen molar-refractivity contribution in [3.63, 3.8) is 0 Å². The molecule has 0 radical (unpaired) electrons. The summed E-state index contributed by atoms with van der Waals surface area (Å²) < 4.78 is 8.47. The van der Waals surface area contributed by atoms with Crippen LogP contribution in [0.5, 0.6) is 0 Å². The SMILES string of the molecule is COC(=O)N[C@H]1CCC(=O)[N+]2(OC(=O)c3c(Cl)cccc3Cl)CCC[C@@H](C(=O)N[C@H](C=O)CC(=O)OC(C)(C)C)N2C1=O.